The zero-order valence-corrected chi connectivity index (χ0v) is 13.8. The molecule has 0 heterocycles. The summed E-state index contributed by atoms with van der Waals surface area (Å²) in [6, 6.07) is 7.40. The van der Waals surface area contributed by atoms with E-state index in [-0.39, 0.29) is 17.2 Å². The molecule has 1 saturated carbocycles. The molecule has 0 bridgehead atoms. The van der Waals surface area contributed by atoms with Crippen LogP contribution in [-0.2, 0) is 9.53 Å². The summed E-state index contributed by atoms with van der Waals surface area (Å²) in [4.78, 5) is 23.3. The summed E-state index contributed by atoms with van der Waals surface area (Å²) < 4.78 is 5.68. The van der Waals surface area contributed by atoms with Crippen molar-refractivity contribution in [3.05, 3.63) is 34.3 Å². The molecule has 0 atom stereocenters. The molecule has 0 radical (unpaired) electrons. The molecule has 0 amide bonds. The lowest BCUT2D eigenvalue weighted by molar-refractivity contribution is -0.141. The number of halogens is 1. The number of rotatable bonds is 7. The molecule has 0 unspecified atom stereocenters. The first-order valence-corrected chi connectivity index (χ1v) is 8.43. The van der Waals surface area contributed by atoms with E-state index in [4.69, 9.17) is 4.74 Å². The van der Waals surface area contributed by atoms with Gasteiger partial charge in [0.15, 0.2) is 5.78 Å². The molecule has 0 saturated heterocycles. The Morgan fingerprint density at radius 1 is 1.30 bits per heavy atom. The maximum Gasteiger partial charge on any atom is 0.306 e. The van der Waals surface area contributed by atoms with Gasteiger partial charge in [0.05, 0.1) is 19.3 Å². The lowest BCUT2D eigenvalue weighted by Crippen LogP contribution is -2.14. The smallest absolute Gasteiger partial charge is 0.306 e. The molecule has 20 heavy (non-hydrogen) atoms. The van der Waals surface area contributed by atoms with Gasteiger partial charge in [-0.15, -0.1) is 0 Å². The van der Waals surface area contributed by atoms with Crippen LogP contribution in [0.5, 0.6) is 0 Å². The summed E-state index contributed by atoms with van der Waals surface area (Å²) in [6.45, 7) is 0. The third kappa shape index (κ3) is 4.35. The number of thioether (sulfide) groups is 1. The van der Waals surface area contributed by atoms with Gasteiger partial charge in [0, 0.05) is 10.0 Å². The van der Waals surface area contributed by atoms with Crippen molar-refractivity contribution in [3.8, 4) is 0 Å². The first-order chi connectivity index (χ1) is 9.54. The first kappa shape index (κ1) is 15.6. The highest BCUT2D eigenvalue weighted by Crippen LogP contribution is 2.51. The molecule has 5 heteroatoms. The Labute approximate surface area is 131 Å². The highest BCUT2D eigenvalue weighted by Gasteiger charge is 2.44. The second kappa shape index (κ2) is 6.76. The van der Waals surface area contributed by atoms with Crippen molar-refractivity contribution in [3.63, 3.8) is 0 Å². The van der Waals surface area contributed by atoms with Gasteiger partial charge < -0.3 is 4.74 Å². The number of ketones is 1. The average Bonchev–Trinajstić information content (AvgIpc) is 3.19. The SMILES string of the molecule is COC(=O)CC1(CSCC(=O)c2ccc(Br)cc2)CC1. The van der Waals surface area contributed by atoms with Crippen LogP contribution in [-0.4, -0.2) is 30.4 Å². The Morgan fingerprint density at radius 2 is 1.95 bits per heavy atom. The quantitative estimate of drug-likeness (QED) is 0.551. The minimum atomic E-state index is -0.151. The monoisotopic (exact) mass is 356 g/mol. The van der Waals surface area contributed by atoms with Gasteiger partial charge in [-0.25, -0.2) is 0 Å². The van der Waals surface area contributed by atoms with Crippen LogP contribution in [0.1, 0.15) is 29.6 Å². The Kier molecular flexibility index (Phi) is 5.27. The summed E-state index contributed by atoms with van der Waals surface area (Å²) in [7, 11) is 1.42. The molecule has 0 aromatic heterocycles. The number of Topliss-reactive ketones (excluding diaryl/α,β-unsaturated/α-hetero) is 1. The standard InChI is InChI=1S/C15H17BrO3S/c1-19-14(18)8-15(6-7-15)10-20-9-13(17)11-2-4-12(16)5-3-11/h2-5H,6-10H2,1H3. The fraction of sp³-hybridized carbons (Fsp3) is 0.467. The Bertz CT molecular complexity index is 494. The largest absolute Gasteiger partial charge is 0.469 e. The number of hydrogen-bond donors (Lipinski definition) is 0. The van der Waals surface area contributed by atoms with Gasteiger partial charge in [-0.1, -0.05) is 28.1 Å². The fourth-order valence-corrected chi connectivity index (χ4v) is 3.55. The molecule has 2 rings (SSSR count). The van der Waals surface area contributed by atoms with E-state index in [1.165, 1.54) is 7.11 Å². The van der Waals surface area contributed by atoms with Crippen LogP contribution in [0.2, 0.25) is 0 Å². The maximum atomic E-state index is 12.0. The average molecular weight is 357 g/mol. The number of methoxy groups -OCH3 is 1. The van der Waals surface area contributed by atoms with Crippen LogP contribution in [0.15, 0.2) is 28.7 Å². The van der Waals surface area contributed by atoms with Gasteiger partial charge in [0.2, 0.25) is 0 Å². The molecule has 1 aromatic carbocycles. The molecule has 108 valence electrons. The highest BCUT2D eigenvalue weighted by atomic mass is 79.9. The minimum Gasteiger partial charge on any atom is -0.469 e. The number of esters is 1. The van der Waals surface area contributed by atoms with Crippen molar-refractivity contribution in [2.45, 2.75) is 19.3 Å². The number of carbonyl (C=O) groups is 2. The molecular weight excluding hydrogens is 340 g/mol. The summed E-state index contributed by atoms with van der Waals surface area (Å²) in [5, 5.41) is 0. The summed E-state index contributed by atoms with van der Waals surface area (Å²) in [6.07, 6.45) is 2.59. The lowest BCUT2D eigenvalue weighted by Gasteiger charge is -2.12. The van der Waals surface area contributed by atoms with Gasteiger partial charge in [-0.3, -0.25) is 9.59 Å². The van der Waals surface area contributed by atoms with Gasteiger partial charge in [0.1, 0.15) is 0 Å². The molecule has 0 spiro atoms. The predicted octanol–water partition coefficient (Wildman–Crippen LogP) is 3.71. The molecule has 1 aromatic rings. The third-order valence-corrected chi connectivity index (χ3v) is 5.32. The molecular formula is C15H17BrO3S. The van der Waals surface area contributed by atoms with E-state index in [1.54, 1.807) is 11.8 Å². The molecule has 3 nitrogen and oxygen atoms in total. The van der Waals surface area contributed by atoms with Crippen LogP contribution >= 0.6 is 27.7 Å². The van der Waals surface area contributed by atoms with Gasteiger partial charge >= 0.3 is 5.97 Å². The Balaban J connectivity index is 1.77. The van der Waals surface area contributed by atoms with Gasteiger partial charge in [-0.05, 0) is 36.1 Å². The Morgan fingerprint density at radius 3 is 2.50 bits per heavy atom. The van der Waals surface area contributed by atoms with Crippen molar-refractivity contribution >= 4 is 39.4 Å². The van der Waals surface area contributed by atoms with E-state index >= 15 is 0 Å². The topological polar surface area (TPSA) is 43.4 Å². The normalized spacial score (nSPS) is 15.7. The first-order valence-electron chi connectivity index (χ1n) is 6.48. The van der Waals surface area contributed by atoms with Gasteiger partial charge in [-0.2, -0.15) is 11.8 Å². The van der Waals surface area contributed by atoms with E-state index in [1.807, 2.05) is 24.3 Å². The molecule has 0 aliphatic heterocycles. The number of hydrogen-bond acceptors (Lipinski definition) is 4. The van der Waals surface area contributed by atoms with E-state index < -0.39 is 0 Å². The zero-order valence-electron chi connectivity index (χ0n) is 11.4. The van der Waals surface area contributed by atoms with Crippen molar-refractivity contribution in [2.24, 2.45) is 5.41 Å². The third-order valence-electron chi connectivity index (χ3n) is 3.51. The van der Waals surface area contributed by atoms with Crippen LogP contribution < -0.4 is 0 Å². The second-order valence-corrected chi connectivity index (χ2v) is 7.08. The molecule has 1 aliphatic carbocycles. The summed E-state index contributed by atoms with van der Waals surface area (Å²) in [5.41, 5.74) is 0.816. The number of ether oxygens (including phenoxy) is 1. The zero-order chi connectivity index (χ0) is 14.6. The van der Waals surface area contributed by atoms with E-state index in [0.29, 0.717) is 12.2 Å². The van der Waals surface area contributed by atoms with E-state index in [9.17, 15) is 9.59 Å². The predicted molar refractivity (Wildman–Crippen MR) is 84.1 cm³/mol. The van der Waals surface area contributed by atoms with Crippen molar-refractivity contribution < 1.29 is 14.3 Å². The van der Waals surface area contributed by atoms with Crippen LogP contribution in [0.25, 0.3) is 0 Å². The van der Waals surface area contributed by atoms with Crippen LogP contribution in [0, 0.1) is 5.41 Å². The lowest BCUT2D eigenvalue weighted by atomic mass is 10.1. The minimum absolute atomic E-state index is 0.0811. The molecule has 0 N–H and O–H groups in total. The summed E-state index contributed by atoms with van der Waals surface area (Å²) >= 11 is 4.96. The summed E-state index contributed by atoms with van der Waals surface area (Å²) in [5.74, 6) is 1.30. The van der Waals surface area contributed by atoms with E-state index in [0.717, 1.165) is 28.6 Å². The van der Waals surface area contributed by atoms with Crippen molar-refractivity contribution in [1.29, 1.82) is 0 Å². The van der Waals surface area contributed by atoms with Gasteiger partial charge in [0.25, 0.3) is 0 Å². The van der Waals surface area contributed by atoms with Crippen molar-refractivity contribution in [2.75, 3.05) is 18.6 Å². The van der Waals surface area contributed by atoms with E-state index in [2.05, 4.69) is 15.9 Å². The fourth-order valence-electron chi connectivity index (χ4n) is 2.01. The Hall–Kier alpha value is -0.810. The number of benzene rings is 1. The highest BCUT2D eigenvalue weighted by molar-refractivity contribution is 9.10. The maximum absolute atomic E-state index is 12.0. The molecule has 1 fully saturated rings. The van der Waals surface area contributed by atoms with Crippen LogP contribution in [0.3, 0.4) is 0 Å². The molecule has 1 aliphatic rings. The number of carbonyl (C=O) groups excluding carboxylic acids is 2. The second-order valence-electron chi connectivity index (χ2n) is 5.18. The van der Waals surface area contributed by atoms with Crippen LogP contribution in [0.4, 0.5) is 0 Å². The van der Waals surface area contributed by atoms with Crippen molar-refractivity contribution in [1.82, 2.24) is 0 Å².